The molecule has 35 heavy (non-hydrogen) atoms. The van der Waals surface area contributed by atoms with Gasteiger partial charge >= 0.3 is 0 Å². The molecule has 4 aromatic rings. The number of aromatic nitrogens is 1. The molecule has 1 aliphatic rings. The zero-order chi connectivity index (χ0) is 24.2. The molecular weight excluding hydrogens is 472 g/mol. The second kappa shape index (κ2) is 10.8. The summed E-state index contributed by atoms with van der Waals surface area (Å²) in [7, 11) is 0. The Bertz CT molecular complexity index is 1340. The number of anilines is 1. The number of Topliss-reactive ketones (excluding diaryl/α,β-unsaturated/α-hetero) is 1. The highest BCUT2D eigenvalue weighted by atomic mass is 32.2. The van der Waals surface area contributed by atoms with Gasteiger partial charge < -0.3 is 5.32 Å². The van der Waals surface area contributed by atoms with Crippen LogP contribution in [-0.2, 0) is 0 Å². The van der Waals surface area contributed by atoms with Crippen LogP contribution in [0.4, 0.5) is 5.69 Å². The molecule has 1 amide bonds. The first-order valence-corrected chi connectivity index (χ1v) is 13.9. The molecule has 3 aromatic carbocycles. The zero-order valence-electron chi connectivity index (χ0n) is 19.8. The Labute approximate surface area is 214 Å². The van der Waals surface area contributed by atoms with Gasteiger partial charge in [-0.15, -0.1) is 11.3 Å². The summed E-state index contributed by atoms with van der Waals surface area (Å²) in [5.74, 6) is 0.996. The first-order valence-electron chi connectivity index (χ1n) is 12.1. The van der Waals surface area contributed by atoms with Gasteiger partial charge in [0.2, 0.25) is 0 Å². The predicted molar refractivity (Wildman–Crippen MR) is 146 cm³/mol. The fourth-order valence-electron chi connectivity index (χ4n) is 4.54. The fourth-order valence-corrected chi connectivity index (χ4v) is 6.54. The van der Waals surface area contributed by atoms with Crippen LogP contribution < -0.4 is 5.32 Å². The molecule has 0 saturated heterocycles. The molecule has 1 aliphatic carbocycles. The lowest BCUT2D eigenvalue weighted by Crippen LogP contribution is -2.11. The number of thioether (sulfide) groups is 1. The number of hydrogen-bond donors (Lipinski definition) is 1. The Morgan fingerprint density at radius 2 is 1.66 bits per heavy atom. The number of nitrogens with zero attached hydrogens (tertiary/aromatic N) is 1. The van der Waals surface area contributed by atoms with Crippen molar-refractivity contribution in [1.29, 1.82) is 0 Å². The number of hydrogen-bond acceptors (Lipinski definition) is 5. The van der Waals surface area contributed by atoms with E-state index in [2.05, 4.69) is 22.4 Å². The molecule has 0 spiro atoms. The lowest BCUT2D eigenvalue weighted by molar-refractivity contribution is 0.101. The summed E-state index contributed by atoms with van der Waals surface area (Å²) in [6.07, 6.45) is 6.49. The third-order valence-electron chi connectivity index (χ3n) is 6.58. The number of carbonyl (C=O) groups is 2. The van der Waals surface area contributed by atoms with Gasteiger partial charge in [0.05, 0.1) is 16.0 Å². The summed E-state index contributed by atoms with van der Waals surface area (Å²) in [6.45, 7) is 2.00. The van der Waals surface area contributed by atoms with E-state index in [-0.39, 0.29) is 11.7 Å². The monoisotopic (exact) mass is 500 g/mol. The molecule has 1 fully saturated rings. The molecule has 0 unspecified atom stereocenters. The molecule has 1 heterocycles. The molecule has 0 aliphatic heterocycles. The largest absolute Gasteiger partial charge is 0.322 e. The molecule has 0 atom stereocenters. The standard InChI is InChI=1S/C29H28N2O2S2/c1-19-7-9-23(10-8-19)28(33)30-24-15-16-25-27(17-24)35-29(31-25)34-18-26(32)22-13-11-21(12-14-22)20-5-3-2-4-6-20/h7-17,20H,2-6,18H2,1H3,(H,30,33). The van der Waals surface area contributed by atoms with Crippen molar-refractivity contribution in [3.8, 4) is 0 Å². The summed E-state index contributed by atoms with van der Waals surface area (Å²) in [5.41, 5.74) is 5.48. The number of amides is 1. The first kappa shape index (κ1) is 23.8. The van der Waals surface area contributed by atoms with E-state index in [4.69, 9.17) is 0 Å². The Kier molecular flexibility index (Phi) is 7.30. The lowest BCUT2D eigenvalue weighted by atomic mass is 9.84. The van der Waals surface area contributed by atoms with Crippen LogP contribution in [0.1, 0.15) is 69.9 Å². The van der Waals surface area contributed by atoms with Crippen molar-refractivity contribution in [3.05, 3.63) is 89.0 Å². The predicted octanol–water partition coefficient (Wildman–Crippen LogP) is 7.88. The number of fused-ring (bicyclic) bond motifs is 1. The summed E-state index contributed by atoms with van der Waals surface area (Å²) >= 11 is 3.01. The number of rotatable bonds is 7. The number of ketones is 1. The maximum absolute atomic E-state index is 12.8. The molecule has 4 nitrogen and oxygen atoms in total. The third-order valence-corrected chi connectivity index (χ3v) is 8.74. The van der Waals surface area contributed by atoms with E-state index < -0.39 is 0 Å². The van der Waals surface area contributed by atoms with Gasteiger partial charge in [0.25, 0.3) is 5.91 Å². The van der Waals surface area contributed by atoms with Crippen LogP contribution in [0.2, 0.25) is 0 Å². The average Bonchev–Trinajstić information content (AvgIpc) is 3.30. The highest BCUT2D eigenvalue weighted by Gasteiger charge is 2.16. The van der Waals surface area contributed by atoms with Gasteiger partial charge in [0, 0.05) is 16.8 Å². The van der Waals surface area contributed by atoms with Gasteiger partial charge in [-0.1, -0.05) is 73.0 Å². The van der Waals surface area contributed by atoms with Crippen molar-refractivity contribution in [2.45, 2.75) is 49.3 Å². The van der Waals surface area contributed by atoms with Crippen LogP contribution in [0, 0.1) is 6.92 Å². The van der Waals surface area contributed by atoms with Crippen molar-refractivity contribution < 1.29 is 9.59 Å². The van der Waals surface area contributed by atoms with Crippen LogP contribution in [0.15, 0.2) is 71.1 Å². The maximum atomic E-state index is 12.8. The van der Waals surface area contributed by atoms with Gasteiger partial charge in [-0.05, 0) is 61.6 Å². The van der Waals surface area contributed by atoms with E-state index in [0.29, 0.717) is 17.2 Å². The number of benzene rings is 3. The van der Waals surface area contributed by atoms with Gasteiger partial charge in [-0.2, -0.15) is 0 Å². The minimum atomic E-state index is -0.136. The Balaban J connectivity index is 1.20. The zero-order valence-corrected chi connectivity index (χ0v) is 21.4. The van der Waals surface area contributed by atoms with Gasteiger partial charge in [-0.25, -0.2) is 4.98 Å². The van der Waals surface area contributed by atoms with Crippen molar-refractivity contribution in [1.82, 2.24) is 4.98 Å². The van der Waals surface area contributed by atoms with E-state index in [9.17, 15) is 9.59 Å². The normalized spacial score (nSPS) is 14.2. The Hall–Kier alpha value is -2.96. The molecule has 6 heteroatoms. The van der Waals surface area contributed by atoms with E-state index in [0.717, 1.165) is 31.4 Å². The number of aryl methyl sites for hydroxylation is 1. The highest BCUT2D eigenvalue weighted by Crippen LogP contribution is 2.34. The second-order valence-corrected chi connectivity index (χ2v) is 11.4. The fraction of sp³-hybridized carbons (Fsp3) is 0.276. The molecule has 0 radical (unpaired) electrons. The van der Waals surface area contributed by atoms with Crippen molar-refractivity contribution in [2.24, 2.45) is 0 Å². The van der Waals surface area contributed by atoms with Gasteiger partial charge in [0.15, 0.2) is 10.1 Å². The maximum Gasteiger partial charge on any atom is 0.255 e. The summed E-state index contributed by atoms with van der Waals surface area (Å²) in [5, 5.41) is 2.96. The Morgan fingerprint density at radius 1 is 0.943 bits per heavy atom. The van der Waals surface area contributed by atoms with Crippen LogP contribution >= 0.6 is 23.1 Å². The van der Waals surface area contributed by atoms with Crippen LogP contribution in [0.25, 0.3) is 10.2 Å². The summed E-state index contributed by atoms with van der Waals surface area (Å²) in [4.78, 5) is 29.9. The molecular formula is C29H28N2O2S2. The third kappa shape index (κ3) is 5.82. The lowest BCUT2D eigenvalue weighted by Gasteiger charge is -2.22. The average molecular weight is 501 g/mol. The molecule has 1 N–H and O–H groups in total. The quantitative estimate of drug-likeness (QED) is 0.207. The van der Waals surface area contributed by atoms with Crippen molar-refractivity contribution >= 4 is 50.7 Å². The minimum absolute atomic E-state index is 0.121. The molecule has 178 valence electrons. The van der Waals surface area contributed by atoms with E-state index >= 15 is 0 Å². The first-order chi connectivity index (χ1) is 17.0. The van der Waals surface area contributed by atoms with E-state index in [1.165, 1.54) is 49.4 Å². The van der Waals surface area contributed by atoms with E-state index in [1.807, 2.05) is 61.5 Å². The molecule has 0 bridgehead atoms. The SMILES string of the molecule is Cc1ccc(C(=O)Nc2ccc3nc(SCC(=O)c4ccc(C5CCCCC5)cc4)sc3c2)cc1. The van der Waals surface area contributed by atoms with E-state index in [1.54, 1.807) is 11.3 Å². The van der Waals surface area contributed by atoms with Gasteiger partial charge in [0.1, 0.15) is 0 Å². The number of carbonyl (C=O) groups excluding carboxylic acids is 2. The minimum Gasteiger partial charge on any atom is -0.322 e. The molecule has 5 rings (SSSR count). The van der Waals surface area contributed by atoms with Crippen LogP contribution in [0.3, 0.4) is 0 Å². The summed E-state index contributed by atoms with van der Waals surface area (Å²) < 4.78 is 1.84. The van der Waals surface area contributed by atoms with Crippen molar-refractivity contribution in [3.63, 3.8) is 0 Å². The van der Waals surface area contributed by atoms with Crippen molar-refractivity contribution in [2.75, 3.05) is 11.1 Å². The van der Waals surface area contributed by atoms with Crippen LogP contribution in [0.5, 0.6) is 0 Å². The topological polar surface area (TPSA) is 59.1 Å². The molecule has 1 saturated carbocycles. The number of thiazole rings is 1. The Morgan fingerprint density at radius 3 is 2.40 bits per heavy atom. The highest BCUT2D eigenvalue weighted by molar-refractivity contribution is 8.01. The van der Waals surface area contributed by atoms with Gasteiger partial charge in [-0.3, -0.25) is 9.59 Å². The number of nitrogens with one attached hydrogen (secondary N) is 1. The summed E-state index contributed by atoms with van der Waals surface area (Å²) in [6, 6.07) is 21.5. The van der Waals surface area contributed by atoms with Crippen LogP contribution in [-0.4, -0.2) is 22.4 Å². The second-order valence-electron chi connectivity index (χ2n) is 9.15. The smallest absolute Gasteiger partial charge is 0.255 e. The molecule has 1 aromatic heterocycles.